The van der Waals surface area contributed by atoms with Crippen LogP contribution in [0.15, 0.2) is 42.5 Å². The molecule has 0 aliphatic carbocycles. The van der Waals surface area contributed by atoms with E-state index < -0.39 is 22.0 Å². The molecule has 180 valence electrons. The van der Waals surface area contributed by atoms with Gasteiger partial charge < -0.3 is 10.1 Å². The highest BCUT2D eigenvalue weighted by Gasteiger charge is 2.29. The number of carbonyl (C=O) groups excluding carboxylic acids is 1. The second kappa shape index (κ2) is 11.2. The number of halogens is 1. The summed E-state index contributed by atoms with van der Waals surface area (Å²) in [5, 5.41) is 3.14. The Bertz CT molecular complexity index is 1070. The molecule has 1 aliphatic heterocycles. The van der Waals surface area contributed by atoms with Gasteiger partial charge in [-0.2, -0.15) is 0 Å². The van der Waals surface area contributed by atoms with E-state index in [0.29, 0.717) is 18.0 Å². The summed E-state index contributed by atoms with van der Waals surface area (Å²) < 4.78 is 31.2. The highest BCUT2D eigenvalue weighted by Crippen LogP contribution is 2.31. The first-order valence-corrected chi connectivity index (χ1v) is 13.3. The molecule has 1 amide bonds. The van der Waals surface area contributed by atoms with Crippen LogP contribution in [0.5, 0.6) is 5.75 Å². The zero-order valence-electron chi connectivity index (χ0n) is 19.4. The van der Waals surface area contributed by atoms with Gasteiger partial charge >= 0.3 is 0 Å². The van der Waals surface area contributed by atoms with Crippen LogP contribution >= 0.6 is 11.6 Å². The van der Waals surface area contributed by atoms with E-state index in [1.807, 2.05) is 12.1 Å². The standard InChI is InChI=1S/C24H32ClN3O4S/c1-18(28(33(3,30)31)21-10-11-23(32-2)22(25)15-21)24(29)26-16-19-8-7-9-20(14-19)17-27-12-5-4-6-13-27/h7-11,14-15,18H,4-6,12-13,16-17H2,1-3H3,(H,26,29)/t18-/m1/s1. The maximum atomic E-state index is 12.9. The van der Waals surface area contributed by atoms with Crippen molar-refractivity contribution in [1.29, 1.82) is 0 Å². The minimum Gasteiger partial charge on any atom is -0.495 e. The molecule has 0 bridgehead atoms. The van der Waals surface area contributed by atoms with E-state index in [-0.39, 0.29) is 5.02 Å². The van der Waals surface area contributed by atoms with Crippen molar-refractivity contribution in [3.05, 3.63) is 58.6 Å². The van der Waals surface area contributed by atoms with E-state index in [1.54, 1.807) is 19.1 Å². The predicted molar refractivity (Wildman–Crippen MR) is 132 cm³/mol. The lowest BCUT2D eigenvalue weighted by molar-refractivity contribution is -0.122. The molecule has 0 aromatic heterocycles. The number of hydrogen-bond acceptors (Lipinski definition) is 5. The second-order valence-electron chi connectivity index (χ2n) is 8.43. The lowest BCUT2D eigenvalue weighted by Gasteiger charge is -2.28. The maximum Gasteiger partial charge on any atom is 0.243 e. The molecule has 2 aromatic rings. The van der Waals surface area contributed by atoms with Gasteiger partial charge in [0.2, 0.25) is 15.9 Å². The van der Waals surface area contributed by atoms with Crippen molar-refractivity contribution in [2.24, 2.45) is 0 Å². The van der Waals surface area contributed by atoms with Gasteiger partial charge in [0, 0.05) is 13.1 Å². The van der Waals surface area contributed by atoms with Crippen LogP contribution in [0.2, 0.25) is 5.02 Å². The molecule has 1 saturated heterocycles. The second-order valence-corrected chi connectivity index (χ2v) is 10.7. The van der Waals surface area contributed by atoms with E-state index in [1.165, 1.54) is 38.0 Å². The summed E-state index contributed by atoms with van der Waals surface area (Å²) in [6.45, 7) is 5.02. The molecule has 1 N–H and O–H groups in total. The first-order valence-electron chi connectivity index (χ1n) is 11.1. The number of benzene rings is 2. The highest BCUT2D eigenvalue weighted by atomic mass is 35.5. The van der Waals surface area contributed by atoms with Crippen LogP contribution in [0.4, 0.5) is 5.69 Å². The van der Waals surface area contributed by atoms with Crippen LogP contribution in [0.3, 0.4) is 0 Å². The number of rotatable bonds is 9. The summed E-state index contributed by atoms with van der Waals surface area (Å²) in [5.41, 5.74) is 2.49. The molecule has 0 radical (unpaired) electrons. The molecule has 3 rings (SSSR count). The number of ether oxygens (including phenoxy) is 1. The summed E-state index contributed by atoms with van der Waals surface area (Å²) in [7, 11) is -2.26. The Labute approximate surface area is 201 Å². The normalized spacial score (nSPS) is 15.6. The first-order chi connectivity index (χ1) is 15.7. The summed E-state index contributed by atoms with van der Waals surface area (Å²) in [6.07, 6.45) is 4.85. The molecule has 1 fully saturated rings. The van der Waals surface area contributed by atoms with Gasteiger partial charge in [-0.3, -0.25) is 14.0 Å². The van der Waals surface area contributed by atoms with E-state index in [2.05, 4.69) is 22.3 Å². The minimum atomic E-state index is -3.74. The van der Waals surface area contributed by atoms with Crippen molar-refractivity contribution in [3.63, 3.8) is 0 Å². The average molecular weight is 494 g/mol. The average Bonchev–Trinajstić information content (AvgIpc) is 2.77. The fourth-order valence-corrected chi connectivity index (χ4v) is 5.57. The van der Waals surface area contributed by atoms with Gasteiger partial charge in [-0.05, 0) is 62.2 Å². The summed E-state index contributed by atoms with van der Waals surface area (Å²) >= 11 is 6.18. The lowest BCUT2D eigenvalue weighted by atomic mass is 10.1. The van der Waals surface area contributed by atoms with E-state index in [9.17, 15) is 13.2 Å². The molecule has 2 aromatic carbocycles. The van der Waals surface area contributed by atoms with Gasteiger partial charge in [0.15, 0.2) is 0 Å². The molecule has 0 saturated carbocycles. The molecular formula is C24H32ClN3O4S. The molecule has 0 unspecified atom stereocenters. The fourth-order valence-electron chi connectivity index (χ4n) is 4.15. The van der Waals surface area contributed by atoms with Crippen molar-refractivity contribution < 1.29 is 17.9 Å². The number of anilines is 1. The van der Waals surface area contributed by atoms with Crippen molar-refractivity contribution in [3.8, 4) is 5.75 Å². The Balaban J connectivity index is 1.68. The third kappa shape index (κ3) is 6.85. The monoisotopic (exact) mass is 493 g/mol. The van der Waals surface area contributed by atoms with Crippen molar-refractivity contribution in [2.45, 2.75) is 45.3 Å². The molecule has 1 aliphatic rings. The first kappa shape index (κ1) is 25.3. The van der Waals surface area contributed by atoms with Gasteiger partial charge in [-0.1, -0.05) is 42.3 Å². The predicted octanol–water partition coefficient (Wildman–Crippen LogP) is 3.81. The Hall–Kier alpha value is -2.29. The molecule has 1 atom stereocenters. The van der Waals surface area contributed by atoms with E-state index in [0.717, 1.165) is 35.8 Å². The number of carbonyl (C=O) groups is 1. The van der Waals surface area contributed by atoms with E-state index >= 15 is 0 Å². The van der Waals surface area contributed by atoms with Crippen LogP contribution in [0.25, 0.3) is 0 Å². The Morgan fingerprint density at radius 2 is 1.85 bits per heavy atom. The fraction of sp³-hybridized carbons (Fsp3) is 0.458. The summed E-state index contributed by atoms with van der Waals surface area (Å²) in [4.78, 5) is 15.4. The van der Waals surface area contributed by atoms with Crippen LogP contribution in [0, 0.1) is 0 Å². The number of methoxy groups -OCH3 is 1. The third-order valence-corrected chi connectivity index (χ3v) is 7.33. The summed E-state index contributed by atoms with van der Waals surface area (Å²) in [6, 6.07) is 11.8. The Kier molecular flexibility index (Phi) is 8.62. The molecule has 0 spiro atoms. The van der Waals surface area contributed by atoms with Crippen LogP contribution in [0.1, 0.15) is 37.3 Å². The number of sulfonamides is 1. The number of nitrogens with one attached hydrogen (secondary N) is 1. The minimum absolute atomic E-state index is 0.266. The number of nitrogens with zero attached hydrogens (tertiary/aromatic N) is 2. The smallest absolute Gasteiger partial charge is 0.243 e. The topological polar surface area (TPSA) is 79.0 Å². The van der Waals surface area contributed by atoms with E-state index in [4.69, 9.17) is 16.3 Å². The van der Waals surface area contributed by atoms with Crippen molar-refractivity contribution in [2.75, 3.05) is 30.8 Å². The highest BCUT2D eigenvalue weighted by molar-refractivity contribution is 7.92. The zero-order valence-corrected chi connectivity index (χ0v) is 21.0. The number of piperidine rings is 1. The molecule has 1 heterocycles. The largest absolute Gasteiger partial charge is 0.495 e. The maximum absolute atomic E-state index is 12.9. The SMILES string of the molecule is COc1ccc(N([C@H](C)C(=O)NCc2cccc(CN3CCCCC3)c2)S(C)(=O)=O)cc1Cl. The lowest BCUT2D eigenvalue weighted by Crippen LogP contribution is -2.47. The Morgan fingerprint density at radius 3 is 2.48 bits per heavy atom. The van der Waals surface area contributed by atoms with Gasteiger partial charge in [-0.15, -0.1) is 0 Å². The van der Waals surface area contributed by atoms with Crippen molar-refractivity contribution >= 4 is 33.2 Å². The Morgan fingerprint density at radius 1 is 1.15 bits per heavy atom. The molecular weight excluding hydrogens is 462 g/mol. The van der Waals surface area contributed by atoms with Gasteiger partial charge in [0.25, 0.3) is 0 Å². The zero-order chi connectivity index (χ0) is 24.0. The van der Waals surface area contributed by atoms with Gasteiger partial charge in [0.05, 0.1) is 24.1 Å². The van der Waals surface area contributed by atoms with Gasteiger partial charge in [-0.25, -0.2) is 8.42 Å². The molecule has 9 heteroatoms. The number of amides is 1. The number of likely N-dealkylation sites (tertiary alicyclic amines) is 1. The molecule has 7 nitrogen and oxygen atoms in total. The third-order valence-electron chi connectivity index (χ3n) is 5.79. The molecule has 33 heavy (non-hydrogen) atoms. The number of hydrogen-bond donors (Lipinski definition) is 1. The van der Waals surface area contributed by atoms with Crippen LogP contribution in [-0.4, -0.2) is 51.7 Å². The van der Waals surface area contributed by atoms with Crippen LogP contribution < -0.4 is 14.4 Å². The quantitative estimate of drug-likeness (QED) is 0.574. The van der Waals surface area contributed by atoms with Crippen molar-refractivity contribution in [1.82, 2.24) is 10.2 Å². The van der Waals surface area contributed by atoms with Gasteiger partial charge in [0.1, 0.15) is 11.8 Å². The summed E-state index contributed by atoms with van der Waals surface area (Å²) in [5.74, 6) is 0.0317. The van der Waals surface area contributed by atoms with Crippen LogP contribution in [-0.2, 0) is 27.9 Å².